The lowest BCUT2D eigenvalue weighted by Crippen LogP contribution is -2.43. The summed E-state index contributed by atoms with van der Waals surface area (Å²) in [5.74, 6) is 0.721. The third-order valence-corrected chi connectivity index (χ3v) is 7.46. The third-order valence-electron chi connectivity index (χ3n) is 6.26. The van der Waals surface area contributed by atoms with E-state index < -0.39 is 0 Å². The number of aromatic amines is 1. The molecule has 5 heteroatoms. The molecule has 2 aromatic carbocycles. The summed E-state index contributed by atoms with van der Waals surface area (Å²) in [5, 5.41) is 2.28. The Hall–Kier alpha value is -2.50. The van der Waals surface area contributed by atoms with E-state index in [1.54, 1.807) is 0 Å². The monoisotopic (exact) mass is 403 g/mol. The topological polar surface area (TPSA) is 49.0 Å². The van der Waals surface area contributed by atoms with Gasteiger partial charge in [0.25, 0.3) is 0 Å². The van der Waals surface area contributed by atoms with E-state index in [4.69, 9.17) is 4.98 Å². The molecule has 1 aliphatic rings. The van der Waals surface area contributed by atoms with Gasteiger partial charge >= 0.3 is 0 Å². The van der Waals surface area contributed by atoms with E-state index >= 15 is 0 Å². The fourth-order valence-corrected chi connectivity index (χ4v) is 5.70. The van der Waals surface area contributed by atoms with Crippen LogP contribution in [0.25, 0.3) is 21.1 Å². The molecular weight excluding hydrogens is 378 g/mol. The van der Waals surface area contributed by atoms with Crippen molar-refractivity contribution in [3.05, 3.63) is 64.8 Å². The Bertz CT molecular complexity index is 1150. The van der Waals surface area contributed by atoms with Gasteiger partial charge in [-0.05, 0) is 58.0 Å². The van der Waals surface area contributed by atoms with Crippen LogP contribution in [0.2, 0.25) is 0 Å². The standard InChI is InChI=1S/C24H25N3OS/c1-15-22(18-7-3-4-8-19(18)25-15)23(28)16(2)27-13-11-17(12-14-27)24-26-20-9-5-6-10-21(20)29-24/h3-10,16-17,25H,11-14H2,1-2H3/t16-/m1/s1. The van der Waals surface area contributed by atoms with Crippen molar-refractivity contribution >= 4 is 38.2 Å². The van der Waals surface area contributed by atoms with Gasteiger partial charge in [-0.2, -0.15) is 0 Å². The minimum absolute atomic E-state index is 0.107. The number of piperidine rings is 1. The van der Waals surface area contributed by atoms with Crippen molar-refractivity contribution in [2.45, 2.75) is 38.6 Å². The van der Waals surface area contributed by atoms with E-state index in [0.717, 1.165) is 53.6 Å². The number of para-hydroxylation sites is 2. The number of aryl methyl sites for hydroxylation is 1. The van der Waals surface area contributed by atoms with Gasteiger partial charge in [0.15, 0.2) is 5.78 Å². The predicted molar refractivity (Wildman–Crippen MR) is 120 cm³/mol. The Morgan fingerprint density at radius 2 is 1.86 bits per heavy atom. The van der Waals surface area contributed by atoms with Crippen LogP contribution >= 0.6 is 11.3 Å². The number of fused-ring (bicyclic) bond motifs is 2. The highest BCUT2D eigenvalue weighted by Crippen LogP contribution is 2.34. The van der Waals surface area contributed by atoms with Gasteiger partial charge in [0.1, 0.15) is 0 Å². The van der Waals surface area contributed by atoms with E-state index in [1.807, 2.05) is 42.5 Å². The summed E-state index contributed by atoms with van der Waals surface area (Å²) in [6.45, 7) is 5.94. The van der Waals surface area contributed by atoms with Crippen LogP contribution in [0.3, 0.4) is 0 Å². The Morgan fingerprint density at radius 3 is 2.66 bits per heavy atom. The number of nitrogens with one attached hydrogen (secondary N) is 1. The molecule has 148 valence electrons. The van der Waals surface area contributed by atoms with Gasteiger partial charge in [0, 0.05) is 28.1 Å². The van der Waals surface area contributed by atoms with E-state index in [-0.39, 0.29) is 11.8 Å². The Balaban J connectivity index is 1.31. The molecule has 1 atom stereocenters. The minimum atomic E-state index is -0.107. The first-order chi connectivity index (χ1) is 14.1. The quantitative estimate of drug-likeness (QED) is 0.455. The zero-order valence-electron chi connectivity index (χ0n) is 16.8. The van der Waals surface area contributed by atoms with Crippen LogP contribution in [0.4, 0.5) is 0 Å². The number of carbonyl (C=O) groups excluding carboxylic acids is 1. The van der Waals surface area contributed by atoms with Crippen molar-refractivity contribution in [1.82, 2.24) is 14.9 Å². The molecule has 4 nitrogen and oxygen atoms in total. The summed E-state index contributed by atoms with van der Waals surface area (Å²) in [7, 11) is 0. The summed E-state index contributed by atoms with van der Waals surface area (Å²) in [5.41, 5.74) is 3.96. The van der Waals surface area contributed by atoms with Crippen molar-refractivity contribution < 1.29 is 4.79 Å². The number of H-pyrrole nitrogens is 1. The zero-order valence-corrected chi connectivity index (χ0v) is 17.6. The van der Waals surface area contributed by atoms with Crippen LogP contribution in [0.15, 0.2) is 48.5 Å². The van der Waals surface area contributed by atoms with Crippen molar-refractivity contribution in [1.29, 1.82) is 0 Å². The lowest BCUT2D eigenvalue weighted by molar-refractivity contribution is 0.0798. The number of benzene rings is 2. The summed E-state index contributed by atoms with van der Waals surface area (Å²) < 4.78 is 1.27. The molecular formula is C24H25N3OS. The minimum Gasteiger partial charge on any atom is -0.358 e. The van der Waals surface area contributed by atoms with Crippen LogP contribution in [0, 0.1) is 6.92 Å². The number of thiazole rings is 1. The van der Waals surface area contributed by atoms with E-state index in [0.29, 0.717) is 5.92 Å². The molecule has 5 rings (SSSR count). The molecule has 1 aliphatic heterocycles. The Labute approximate surface area is 174 Å². The largest absolute Gasteiger partial charge is 0.358 e. The maximum Gasteiger partial charge on any atom is 0.182 e. The summed E-state index contributed by atoms with van der Waals surface area (Å²) in [4.78, 5) is 23.9. The highest BCUT2D eigenvalue weighted by atomic mass is 32.1. The molecule has 0 saturated carbocycles. The molecule has 0 spiro atoms. The first-order valence-electron chi connectivity index (χ1n) is 10.3. The molecule has 0 bridgehead atoms. The van der Waals surface area contributed by atoms with Gasteiger partial charge in [-0.3, -0.25) is 9.69 Å². The highest BCUT2D eigenvalue weighted by molar-refractivity contribution is 7.18. The number of hydrogen-bond donors (Lipinski definition) is 1. The molecule has 2 aromatic heterocycles. The molecule has 1 saturated heterocycles. The van der Waals surface area contributed by atoms with Gasteiger partial charge < -0.3 is 4.98 Å². The number of nitrogens with zero attached hydrogens (tertiary/aromatic N) is 2. The average molecular weight is 404 g/mol. The van der Waals surface area contributed by atoms with Gasteiger partial charge in [0.05, 0.1) is 21.3 Å². The molecule has 3 heterocycles. The number of Topliss-reactive ketones (excluding diaryl/α,β-unsaturated/α-hetero) is 1. The number of likely N-dealkylation sites (tertiary alicyclic amines) is 1. The maximum absolute atomic E-state index is 13.3. The maximum atomic E-state index is 13.3. The number of rotatable bonds is 4. The second-order valence-corrected chi connectivity index (χ2v) is 9.10. The van der Waals surface area contributed by atoms with E-state index in [9.17, 15) is 4.79 Å². The second-order valence-electron chi connectivity index (χ2n) is 8.04. The second kappa shape index (κ2) is 7.39. The molecule has 29 heavy (non-hydrogen) atoms. The van der Waals surface area contributed by atoms with Crippen molar-refractivity contribution in [3.8, 4) is 0 Å². The van der Waals surface area contributed by atoms with E-state index in [1.165, 1.54) is 9.71 Å². The smallest absolute Gasteiger partial charge is 0.182 e. The molecule has 0 radical (unpaired) electrons. The lowest BCUT2D eigenvalue weighted by atomic mass is 9.94. The molecule has 1 N–H and O–H groups in total. The third kappa shape index (κ3) is 3.28. The van der Waals surface area contributed by atoms with Crippen LogP contribution < -0.4 is 0 Å². The first-order valence-corrected chi connectivity index (χ1v) is 11.1. The zero-order chi connectivity index (χ0) is 20.0. The predicted octanol–water partition coefficient (Wildman–Crippen LogP) is 5.54. The molecule has 4 aromatic rings. The number of carbonyl (C=O) groups is 1. The number of ketones is 1. The van der Waals surface area contributed by atoms with Crippen LogP contribution in [0.5, 0.6) is 0 Å². The molecule has 0 unspecified atom stereocenters. The van der Waals surface area contributed by atoms with Crippen molar-refractivity contribution in [2.75, 3.05) is 13.1 Å². The first kappa shape index (κ1) is 18.5. The summed E-state index contributed by atoms with van der Waals surface area (Å²) in [6, 6.07) is 16.3. The summed E-state index contributed by atoms with van der Waals surface area (Å²) in [6.07, 6.45) is 2.12. The normalized spacial score (nSPS) is 17.2. The molecule has 0 amide bonds. The SMILES string of the molecule is Cc1[nH]c2ccccc2c1C(=O)[C@@H](C)N1CCC(c2nc3ccccc3s2)CC1. The van der Waals surface area contributed by atoms with Crippen LogP contribution in [0.1, 0.15) is 46.7 Å². The lowest BCUT2D eigenvalue weighted by Gasteiger charge is -2.34. The molecule has 0 aliphatic carbocycles. The highest BCUT2D eigenvalue weighted by Gasteiger charge is 2.30. The van der Waals surface area contributed by atoms with Crippen molar-refractivity contribution in [3.63, 3.8) is 0 Å². The van der Waals surface area contributed by atoms with E-state index in [2.05, 4.69) is 41.1 Å². The van der Waals surface area contributed by atoms with Gasteiger partial charge in [-0.15, -0.1) is 11.3 Å². The Kier molecular flexibility index (Phi) is 4.72. The number of aromatic nitrogens is 2. The average Bonchev–Trinajstić information content (AvgIpc) is 3.33. The summed E-state index contributed by atoms with van der Waals surface area (Å²) >= 11 is 1.82. The van der Waals surface area contributed by atoms with Gasteiger partial charge in [0.2, 0.25) is 0 Å². The Morgan fingerprint density at radius 1 is 1.14 bits per heavy atom. The van der Waals surface area contributed by atoms with Gasteiger partial charge in [-0.1, -0.05) is 30.3 Å². The number of hydrogen-bond acceptors (Lipinski definition) is 4. The van der Waals surface area contributed by atoms with Crippen LogP contribution in [-0.4, -0.2) is 39.8 Å². The fraction of sp³-hybridized carbons (Fsp3) is 0.333. The van der Waals surface area contributed by atoms with Gasteiger partial charge in [-0.25, -0.2) is 4.98 Å². The molecule has 1 fully saturated rings. The van der Waals surface area contributed by atoms with Crippen molar-refractivity contribution in [2.24, 2.45) is 0 Å². The fourth-order valence-electron chi connectivity index (χ4n) is 4.57. The van der Waals surface area contributed by atoms with Crippen LogP contribution in [-0.2, 0) is 0 Å².